The van der Waals surface area contributed by atoms with Gasteiger partial charge < -0.3 is 5.43 Å². The van der Waals surface area contributed by atoms with Crippen LogP contribution in [-0.2, 0) is 10.0 Å². The van der Waals surface area contributed by atoms with Gasteiger partial charge in [0.1, 0.15) is 10.7 Å². The van der Waals surface area contributed by atoms with Gasteiger partial charge in [-0.3, -0.25) is 0 Å². The number of aromatic nitrogens is 1. The fourth-order valence-electron chi connectivity index (χ4n) is 2.24. The Morgan fingerprint density at radius 2 is 2.16 bits per heavy atom. The van der Waals surface area contributed by atoms with Crippen molar-refractivity contribution in [1.82, 2.24) is 9.29 Å². The molecular weight excluding hydrogens is 264 g/mol. The standard InChI is InChI=1S/C12H20N4O2S/c1-10-3-2-7-16(8-6-10)19(17,18)11-4-5-12(15-13)14-9-11/h4-5,9-10H,2-3,6-8,13H2,1H3,(H,14,15). The van der Waals surface area contributed by atoms with Crippen LogP contribution in [0.2, 0.25) is 0 Å². The molecule has 0 radical (unpaired) electrons. The van der Waals surface area contributed by atoms with Crippen LogP contribution in [-0.4, -0.2) is 30.8 Å². The number of hydrogen-bond donors (Lipinski definition) is 2. The molecule has 1 atom stereocenters. The number of anilines is 1. The highest BCUT2D eigenvalue weighted by Crippen LogP contribution is 2.22. The van der Waals surface area contributed by atoms with Crippen LogP contribution in [0.1, 0.15) is 26.2 Å². The lowest BCUT2D eigenvalue weighted by Gasteiger charge is -2.19. The van der Waals surface area contributed by atoms with Crippen LogP contribution < -0.4 is 11.3 Å². The van der Waals surface area contributed by atoms with Gasteiger partial charge in [0.25, 0.3) is 0 Å². The number of nitrogens with one attached hydrogen (secondary N) is 1. The third-order valence-corrected chi connectivity index (χ3v) is 5.38. The van der Waals surface area contributed by atoms with E-state index in [9.17, 15) is 8.42 Å². The molecule has 0 spiro atoms. The zero-order chi connectivity index (χ0) is 13.9. The second kappa shape index (κ2) is 5.85. The van der Waals surface area contributed by atoms with Gasteiger partial charge in [-0.25, -0.2) is 19.2 Å². The lowest BCUT2D eigenvalue weighted by atomic mass is 10.0. The first-order valence-electron chi connectivity index (χ1n) is 6.47. The van der Waals surface area contributed by atoms with Crippen LogP contribution in [0.3, 0.4) is 0 Å². The van der Waals surface area contributed by atoms with E-state index in [1.165, 1.54) is 12.3 Å². The Balaban J connectivity index is 2.20. The molecule has 1 fully saturated rings. The van der Waals surface area contributed by atoms with Crippen molar-refractivity contribution < 1.29 is 8.42 Å². The maximum absolute atomic E-state index is 12.5. The Hall–Kier alpha value is -1.18. The lowest BCUT2D eigenvalue weighted by molar-refractivity contribution is 0.416. The average Bonchev–Trinajstić information content (AvgIpc) is 2.64. The number of nitrogen functional groups attached to an aromatic ring is 1. The fraction of sp³-hybridized carbons (Fsp3) is 0.583. The summed E-state index contributed by atoms with van der Waals surface area (Å²) in [5, 5.41) is 0. The molecule has 3 N–H and O–H groups in total. The van der Waals surface area contributed by atoms with Crippen LogP contribution in [0.15, 0.2) is 23.2 Å². The summed E-state index contributed by atoms with van der Waals surface area (Å²) in [6.07, 6.45) is 4.25. The molecule has 0 aromatic carbocycles. The van der Waals surface area contributed by atoms with Crippen molar-refractivity contribution in [3.05, 3.63) is 18.3 Å². The second-order valence-corrected chi connectivity index (χ2v) is 6.90. The molecule has 19 heavy (non-hydrogen) atoms. The third-order valence-electron chi connectivity index (χ3n) is 3.50. The van der Waals surface area contributed by atoms with E-state index in [1.54, 1.807) is 10.4 Å². The van der Waals surface area contributed by atoms with Gasteiger partial charge in [-0.15, -0.1) is 0 Å². The minimum absolute atomic E-state index is 0.223. The van der Waals surface area contributed by atoms with E-state index in [1.807, 2.05) is 0 Å². The Morgan fingerprint density at radius 1 is 1.37 bits per heavy atom. The number of rotatable bonds is 3. The molecule has 2 heterocycles. The van der Waals surface area contributed by atoms with Crippen LogP contribution in [0.25, 0.3) is 0 Å². The SMILES string of the molecule is CC1CCCN(S(=O)(=O)c2ccc(NN)nc2)CC1. The molecule has 106 valence electrons. The first-order chi connectivity index (χ1) is 9.04. The van der Waals surface area contributed by atoms with Crippen LogP contribution in [0.4, 0.5) is 5.82 Å². The number of hydrazine groups is 1. The Bertz CT molecular complexity index is 515. The van der Waals surface area contributed by atoms with E-state index in [0.29, 0.717) is 24.8 Å². The summed E-state index contributed by atoms with van der Waals surface area (Å²) < 4.78 is 26.5. The van der Waals surface area contributed by atoms with Crippen molar-refractivity contribution in [2.24, 2.45) is 11.8 Å². The van der Waals surface area contributed by atoms with Crippen molar-refractivity contribution in [3.63, 3.8) is 0 Å². The quantitative estimate of drug-likeness (QED) is 0.642. The number of nitrogens with zero attached hydrogens (tertiary/aromatic N) is 2. The van der Waals surface area contributed by atoms with E-state index in [0.717, 1.165) is 19.3 Å². The molecule has 6 nitrogen and oxygen atoms in total. The highest BCUT2D eigenvalue weighted by molar-refractivity contribution is 7.89. The van der Waals surface area contributed by atoms with Crippen molar-refractivity contribution in [1.29, 1.82) is 0 Å². The van der Waals surface area contributed by atoms with Crippen LogP contribution in [0.5, 0.6) is 0 Å². The largest absolute Gasteiger partial charge is 0.308 e. The normalized spacial score (nSPS) is 21.9. The Kier molecular flexibility index (Phi) is 4.38. The molecule has 1 unspecified atom stereocenters. The third kappa shape index (κ3) is 3.23. The molecule has 0 saturated carbocycles. The summed E-state index contributed by atoms with van der Waals surface area (Å²) in [5.41, 5.74) is 2.38. The molecule has 1 aliphatic heterocycles. The first-order valence-corrected chi connectivity index (χ1v) is 7.91. The van der Waals surface area contributed by atoms with Crippen molar-refractivity contribution in [2.75, 3.05) is 18.5 Å². The predicted octanol–water partition coefficient (Wildman–Crippen LogP) is 1.18. The molecule has 1 aliphatic rings. The van der Waals surface area contributed by atoms with Gasteiger partial charge >= 0.3 is 0 Å². The lowest BCUT2D eigenvalue weighted by Crippen LogP contribution is -2.32. The molecule has 1 saturated heterocycles. The Morgan fingerprint density at radius 3 is 2.79 bits per heavy atom. The highest BCUT2D eigenvalue weighted by atomic mass is 32.2. The van der Waals surface area contributed by atoms with Gasteiger partial charge in [-0.2, -0.15) is 4.31 Å². The molecule has 0 amide bonds. The molecule has 0 bridgehead atoms. The van der Waals surface area contributed by atoms with Crippen LogP contribution >= 0.6 is 0 Å². The summed E-state index contributed by atoms with van der Waals surface area (Å²) in [6, 6.07) is 3.10. The summed E-state index contributed by atoms with van der Waals surface area (Å²) in [4.78, 5) is 4.18. The van der Waals surface area contributed by atoms with E-state index in [2.05, 4.69) is 17.3 Å². The maximum Gasteiger partial charge on any atom is 0.244 e. The van der Waals surface area contributed by atoms with E-state index in [4.69, 9.17) is 5.84 Å². The van der Waals surface area contributed by atoms with Gasteiger partial charge in [0.15, 0.2) is 0 Å². The number of sulfonamides is 1. The molecule has 7 heteroatoms. The molecule has 2 rings (SSSR count). The monoisotopic (exact) mass is 284 g/mol. The number of pyridine rings is 1. The smallest absolute Gasteiger partial charge is 0.244 e. The maximum atomic E-state index is 12.5. The second-order valence-electron chi connectivity index (χ2n) is 4.96. The van der Waals surface area contributed by atoms with E-state index in [-0.39, 0.29) is 4.90 Å². The zero-order valence-electron chi connectivity index (χ0n) is 11.0. The molecular formula is C12H20N4O2S. The van der Waals surface area contributed by atoms with Crippen molar-refractivity contribution >= 4 is 15.8 Å². The summed E-state index contributed by atoms with van der Waals surface area (Å²) >= 11 is 0. The highest BCUT2D eigenvalue weighted by Gasteiger charge is 2.26. The number of hydrogen-bond acceptors (Lipinski definition) is 5. The van der Waals surface area contributed by atoms with Gasteiger partial charge in [-0.1, -0.05) is 6.92 Å². The predicted molar refractivity (Wildman–Crippen MR) is 73.8 cm³/mol. The molecule has 1 aromatic rings. The summed E-state index contributed by atoms with van der Waals surface area (Å²) in [7, 11) is -3.43. The first kappa shape index (κ1) is 14.2. The minimum Gasteiger partial charge on any atom is -0.308 e. The van der Waals surface area contributed by atoms with Gasteiger partial charge in [-0.05, 0) is 37.3 Å². The van der Waals surface area contributed by atoms with Crippen molar-refractivity contribution in [3.8, 4) is 0 Å². The van der Waals surface area contributed by atoms with E-state index >= 15 is 0 Å². The zero-order valence-corrected chi connectivity index (χ0v) is 11.9. The summed E-state index contributed by atoms with van der Waals surface area (Å²) in [6.45, 7) is 3.34. The van der Waals surface area contributed by atoms with Crippen molar-refractivity contribution in [2.45, 2.75) is 31.1 Å². The van der Waals surface area contributed by atoms with Gasteiger partial charge in [0, 0.05) is 19.3 Å². The molecule has 1 aromatic heterocycles. The minimum atomic E-state index is -3.43. The fourth-order valence-corrected chi connectivity index (χ4v) is 3.68. The average molecular weight is 284 g/mol. The topological polar surface area (TPSA) is 88.3 Å². The molecule has 0 aliphatic carbocycles. The van der Waals surface area contributed by atoms with Crippen LogP contribution in [0, 0.1) is 5.92 Å². The van der Waals surface area contributed by atoms with Gasteiger partial charge in [0.05, 0.1) is 0 Å². The van der Waals surface area contributed by atoms with E-state index < -0.39 is 10.0 Å². The Labute approximate surface area is 114 Å². The van der Waals surface area contributed by atoms with Gasteiger partial charge in [0.2, 0.25) is 10.0 Å². The number of nitrogens with two attached hydrogens (primary N) is 1. The summed E-state index contributed by atoms with van der Waals surface area (Å²) in [5.74, 6) is 6.25.